The molecule has 0 spiro atoms. The summed E-state index contributed by atoms with van der Waals surface area (Å²) >= 11 is 0. The fourth-order valence-electron chi connectivity index (χ4n) is 2.32. The van der Waals surface area contributed by atoms with E-state index in [9.17, 15) is 12.8 Å². The van der Waals surface area contributed by atoms with Crippen LogP contribution < -0.4 is 9.47 Å². The van der Waals surface area contributed by atoms with Crippen LogP contribution in [0.15, 0.2) is 41.3 Å². The molecule has 0 bridgehead atoms. The minimum Gasteiger partial charge on any atom is -0.489 e. The van der Waals surface area contributed by atoms with Gasteiger partial charge in [0.15, 0.2) is 16.6 Å². The fourth-order valence-corrected chi connectivity index (χ4v) is 2.98. The number of ether oxygens (including phenoxy) is 3. The van der Waals surface area contributed by atoms with Crippen LogP contribution in [0.2, 0.25) is 0 Å². The van der Waals surface area contributed by atoms with Crippen molar-refractivity contribution in [3.8, 4) is 11.5 Å². The van der Waals surface area contributed by atoms with Gasteiger partial charge in [-0.1, -0.05) is 6.07 Å². The van der Waals surface area contributed by atoms with Crippen LogP contribution in [-0.2, 0) is 27.8 Å². The van der Waals surface area contributed by atoms with Gasteiger partial charge in [0.25, 0.3) is 0 Å². The van der Waals surface area contributed by atoms with Gasteiger partial charge in [0.05, 0.1) is 11.5 Å². The first-order valence-electron chi connectivity index (χ1n) is 6.88. The van der Waals surface area contributed by atoms with Crippen LogP contribution >= 0.6 is 0 Å². The molecule has 1 aliphatic rings. The lowest BCUT2D eigenvalue weighted by molar-refractivity contribution is -0.0178. The van der Waals surface area contributed by atoms with Crippen molar-refractivity contribution in [3.05, 3.63) is 53.3 Å². The highest BCUT2D eigenvalue weighted by Crippen LogP contribution is 2.30. The summed E-state index contributed by atoms with van der Waals surface area (Å²) in [6.45, 7) is 0.451. The highest BCUT2D eigenvalue weighted by atomic mass is 32.2. The van der Waals surface area contributed by atoms with Crippen molar-refractivity contribution >= 4 is 9.84 Å². The van der Waals surface area contributed by atoms with Gasteiger partial charge >= 0.3 is 0 Å². The fraction of sp³-hybridized carbons (Fsp3) is 0.250. The van der Waals surface area contributed by atoms with E-state index >= 15 is 0 Å². The summed E-state index contributed by atoms with van der Waals surface area (Å²) < 4.78 is 52.9. The molecule has 0 saturated heterocycles. The second kappa shape index (κ2) is 6.17. The number of hydrogen-bond acceptors (Lipinski definition) is 5. The zero-order valence-corrected chi connectivity index (χ0v) is 13.2. The predicted molar refractivity (Wildman–Crippen MR) is 80.6 cm³/mol. The van der Waals surface area contributed by atoms with E-state index in [-0.39, 0.29) is 24.9 Å². The minimum absolute atomic E-state index is 0.0628. The van der Waals surface area contributed by atoms with Crippen LogP contribution in [0.5, 0.6) is 11.5 Å². The second-order valence-corrected chi connectivity index (χ2v) is 7.22. The first-order valence-corrected chi connectivity index (χ1v) is 8.77. The third kappa shape index (κ3) is 3.62. The van der Waals surface area contributed by atoms with E-state index in [1.807, 2.05) is 0 Å². The van der Waals surface area contributed by atoms with E-state index in [1.54, 1.807) is 12.1 Å². The van der Waals surface area contributed by atoms with Gasteiger partial charge in [0, 0.05) is 17.4 Å². The number of rotatable bonds is 4. The summed E-state index contributed by atoms with van der Waals surface area (Å²) in [5, 5.41) is 0. The molecule has 0 unspecified atom stereocenters. The maximum atomic E-state index is 13.7. The SMILES string of the molecule is CS(=O)(=O)c1cccc(OCc2cc(F)cc3c2OCOC3)c1. The van der Waals surface area contributed by atoms with E-state index in [1.165, 1.54) is 24.3 Å². The molecule has 0 saturated carbocycles. The summed E-state index contributed by atoms with van der Waals surface area (Å²) in [6, 6.07) is 8.87. The predicted octanol–water partition coefficient (Wildman–Crippen LogP) is 2.67. The van der Waals surface area contributed by atoms with Crippen LogP contribution in [0.1, 0.15) is 11.1 Å². The Labute approximate surface area is 133 Å². The Morgan fingerprint density at radius 3 is 2.87 bits per heavy atom. The molecule has 1 heterocycles. The Hall–Kier alpha value is -2.12. The molecule has 7 heteroatoms. The molecular weight excluding hydrogens is 323 g/mol. The van der Waals surface area contributed by atoms with Crippen LogP contribution in [0.3, 0.4) is 0 Å². The van der Waals surface area contributed by atoms with Crippen molar-refractivity contribution in [1.82, 2.24) is 0 Å². The summed E-state index contributed by atoms with van der Waals surface area (Å²) in [5.41, 5.74) is 1.17. The normalized spacial score (nSPS) is 14.0. The monoisotopic (exact) mass is 338 g/mol. The maximum Gasteiger partial charge on any atom is 0.189 e. The molecular formula is C16H15FO5S. The van der Waals surface area contributed by atoms with Gasteiger partial charge in [-0.2, -0.15) is 0 Å². The van der Waals surface area contributed by atoms with E-state index in [0.29, 0.717) is 22.6 Å². The number of sulfone groups is 1. The molecule has 23 heavy (non-hydrogen) atoms. The highest BCUT2D eigenvalue weighted by molar-refractivity contribution is 7.90. The molecule has 0 fully saturated rings. The summed E-state index contributed by atoms with van der Waals surface area (Å²) in [4.78, 5) is 0.168. The zero-order valence-electron chi connectivity index (χ0n) is 12.4. The van der Waals surface area contributed by atoms with Crippen LogP contribution in [0, 0.1) is 5.82 Å². The number of hydrogen-bond donors (Lipinski definition) is 0. The van der Waals surface area contributed by atoms with Gasteiger partial charge in [0.1, 0.15) is 23.9 Å². The van der Waals surface area contributed by atoms with Gasteiger partial charge in [-0.25, -0.2) is 12.8 Å². The zero-order chi connectivity index (χ0) is 16.4. The molecule has 3 rings (SSSR count). The third-order valence-electron chi connectivity index (χ3n) is 3.38. The topological polar surface area (TPSA) is 61.8 Å². The van der Waals surface area contributed by atoms with Crippen molar-refractivity contribution in [3.63, 3.8) is 0 Å². The lowest BCUT2D eigenvalue weighted by atomic mass is 10.1. The molecule has 0 atom stereocenters. The van der Waals surface area contributed by atoms with E-state index < -0.39 is 15.7 Å². The Bertz CT molecular complexity index is 832. The molecule has 0 aliphatic carbocycles. The Morgan fingerprint density at radius 2 is 2.09 bits per heavy atom. The highest BCUT2D eigenvalue weighted by Gasteiger charge is 2.17. The second-order valence-electron chi connectivity index (χ2n) is 5.20. The van der Waals surface area contributed by atoms with E-state index in [2.05, 4.69) is 0 Å². The Kier molecular flexibility index (Phi) is 4.23. The Balaban J connectivity index is 1.83. The van der Waals surface area contributed by atoms with Crippen molar-refractivity contribution in [1.29, 1.82) is 0 Å². The average Bonchev–Trinajstić information content (AvgIpc) is 2.52. The van der Waals surface area contributed by atoms with Gasteiger partial charge in [-0.05, 0) is 30.3 Å². The molecule has 2 aromatic carbocycles. The molecule has 0 radical (unpaired) electrons. The standard InChI is InChI=1S/C16H15FO5S/c1-23(18,19)15-4-2-3-14(7-15)21-9-12-6-13(17)5-11-8-20-10-22-16(11)12/h2-7H,8-10H2,1H3. The lowest BCUT2D eigenvalue weighted by Gasteiger charge is -2.21. The third-order valence-corrected chi connectivity index (χ3v) is 4.49. The lowest BCUT2D eigenvalue weighted by Crippen LogP contribution is -2.14. The van der Waals surface area contributed by atoms with Crippen molar-refractivity contribution in [2.24, 2.45) is 0 Å². The van der Waals surface area contributed by atoms with Gasteiger partial charge in [-0.3, -0.25) is 0 Å². The number of fused-ring (bicyclic) bond motifs is 1. The van der Waals surface area contributed by atoms with Gasteiger partial charge in [-0.15, -0.1) is 0 Å². The van der Waals surface area contributed by atoms with Crippen LogP contribution in [0.25, 0.3) is 0 Å². The molecule has 0 N–H and O–H groups in total. The first-order chi connectivity index (χ1) is 10.9. The quantitative estimate of drug-likeness (QED) is 0.858. The van der Waals surface area contributed by atoms with Gasteiger partial charge in [0.2, 0.25) is 0 Å². The molecule has 1 aliphatic heterocycles. The van der Waals surface area contributed by atoms with E-state index in [0.717, 1.165) is 6.26 Å². The Morgan fingerprint density at radius 1 is 1.26 bits per heavy atom. The summed E-state index contributed by atoms with van der Waals surface area (Å²) in [6.07, 6.45) is 1.13. The maximum absolute atomic E-state index is 13.7. The number of halogens is 1. The number of benzene rings is 2. The minimum atomic E-state index is -3.31. The van der Waals surface area contributed by atoms with Crippen LogP contribution in [-0.4, -0.2) is 21.5 Å². The molecule has 5 nitrogen and oxygen atoms in total. The molecule has 122 valence electrons. The molecule has 0 amide bonds. The summed E-state index contributed by atoms with van der Waals surface area (Å²) in [7, 11) is -3.31. The van der Waals surface area contributed by atoms with E-state index in [4.69, 9.17) is 14.2 Å². The average molecular weight is 338 g/mol. The van der Waals surface area contributed by atoms with Crippen molar-refractivity contribution < 1.29 is 27.0 Å². The molecule has 2 aromatic rings. The first kappa shape index (κ1) is 15.8. The molecule has 0 aromatic heterocycles. The van der Waals surface area contributed by atoms with Crippen molar-refractivity contribution in [2.45, 2.75) is 18.1 Å². The summed E-state index contributed by atoms with van der Waals surface area (Å²) in [5.74, 6) is 0.538. The smallest absolute Gasteiger partial charge is 0.189 e. The van der Waals surface area contributed by atoms with Crippen molar-refractivity contribution in [2.75, 3.05) is 13.0 Å². The van der Waals surface area contributed by atoms with Crippen LogP contribution in [0.4, 0.5) is 4.39 Å². The largest absolute Gasteiger partial charge is 0.489 e. The van der Waals surface area contributed by atoms with Gasteiger partial charge < -0.3 is 14.2 Å².